The molecule has 0 aromatic carbocycles. The molecular weight excluding hydrogens is 340 g/mol. The van der Waals surface area contributed by atoms with Gasteiger partial charge in [0.05, 0.1) is 11.1 Å². The van der Waals surface area contributed by atoms with Gasteiger partial charge in [0.25, 0.3) is 0 Å². The highest BCUT2D eigenvalue weighted by Gasteiger charge is 2.30. The van der Waals surface area contributed by atoms with Crippen LogP contribution in [0.5, 0.6) is 0 Å². The fourth-order valence-corrected chi connectivity index (χ4v) is 2.95. The van der Waals surface area contributed by atoms with E-state index in [2.05, 4.69) is 25.2 Å². The summed E-state index contributed by atoms with van der Waals surface area (Å²) in [5.74, 6) is 1.80. The van der Waals surface area contributed by atoms with E-state index in [1.165, 1.54) is 0 Å². The van der Waals surface area contributed by atoms with Crippen LogP contribution >= 0.6 is 0 Å². The summed E-state index contributed by atoms with van der Waals surface area (Å²) in [5, 5.41) is 8.58. The second-order valence-electron chi connectivity index (χ2n) is 7.03. The third-order valence-corrected chi connectivity index (χ3v) is 4.58. The smallest absolute Gasteiger partial charge is 0.237 e. The number of hydrogen-bond donors (Lipinski definition) is 0. The molecule has 4 aromatic rings. The van der Waals surface area contributed by atoms with Crippen LogP contribution in [0, 0.1) is 13.8 Å². The summed E-state index contributed by atoms with van der Waals surface area (Å²) in [4.78, 5) is 13.3. The second kappa shape index (κ2) is 6.42. The SMILES string of the molecule is Cc1cc(C)n(-c2ccc(-c3noc(C(C)(C)c4cccnc4)n3)cn2)n1. The van der Waals surface area contributed by atoms with Crippen molar-refractivity contribution < 1.29 is 4.52 Å². The van der Waals surface area contributed by atoms with Crippen LogP contribution in [0.4, 0.5) is 0 Å². The summed E-state index contributed by atoms with van der Waals surface area (Å²) in [7, 11) is 0. The van der Waals surface area contributed by atoms with E-state index >= 15 is 0 Å². The monoisotopic (exact) mass is 360 g/mol. The summed E-state index contributed by atoms with van der Waals surface area (Å²) in [6, 6.07) is 9.74. The second-order valence-corrected chi connectivity index (χ2v) is 7.03. The highest BCUT2D eigenvalue weighted by atomic mass is 16.5. The molecule has 0 bridgehead atoms. The number of pyridine rings is 2. The Morgan fingerprint density at radius 3 is 2.56 bits per heavy atom. The topological polar surface area (TPSA) is 82.5 Å². The zero-order valence-corrected chi connectivity index (χ0v) is 15.7. The van der Waals surface area contributed by atoms with Crippen LogP contribution in [0.2, 0.25) is 0 Å². The summed E-state index contributed by atoms with van der Waals surface area (Å²) >= 11 is 0. The Morgan fingerprint density at radius 2 is 1.93 bits per heavy atom. The molecule has 0 fully saturated rings. The van der Waals surface area contributed by atoms with Gasteiger partial charge in [0.15, 0.2) is 5.82 Å². The van der Waals surface area contributed by atoms with Gasteiger partial charge in [-0.05, 0) is 57.5 Å². The molecule has 0 aliphatic carbocycles. The van der Waals surface area contributed by atoms with Crippen molar-refractivity contribution in [1.29, 1.82) is 0 Å². The van der Waals surface area contributed by atoms with Crippen LogP contribution in [0.25, 0.3) is 17.2 Å². The lowest BCUT2D eigenvalue weighted by Crippen LogP contribution is -2.19. The summed E-state index contributed by atoms with van der Waals surface area (Å²) < 4.78 is 7.35. The van der Waals surface area contributed by atoms with Crippen molar-refractivity contribution in [2.24, 2.45) is 0 Å². The Labute approximate surface area is 157 Å². The van der Waals surface area contributed by atoms with Crippen molar-refractivity contribution in [3.63, 3.8) is 0 Å². The molecule has 0 radical (unpaired) electrons. The average Bonchev–Trinajstić information content (AvgIpc) is 3.30. The zero-order valence-electron chi connectivity index (χ0n) is 15.7. The number of hydrogen-bond acceptors (Lipinski definition) is 6. The van der Waals surface area contributed by atoms with Crippen molar-refractivity contribution in [3.05, 3.63) is 71.8 Å². The molecule has 4 heterocycles. The molecule has 0 N–H and O–H groups in total. The van der Waals surface area contributed by atoms with Crippen LogP contribution in [0.15, 0.2) is 53.4 Å². The Balaban J connectivity index is 1.63. The lowest BCUT2D eigenvalue weighted by molar-refractivity contribution is 0.332. The van der Waals surface area contributed by atoms with Gasteiger partial charge in [0, 0.05) is 29.8 Å². The minimum atomic E-state index is -0.434. The Hall–Kier alpha value is -3.35. The molecule has 0 amide bonds. The van der Waals surface area contributed by atoms with E-state index in [0.29, 0.717) is 11.7 Å². The van der Waals surface area contributed by atoms with Crippen molar-refractivity contribution in [1.82, 2.24) is 29.9 Å². The van der Waals surface area contributed by atoms with Crippen molar-refractivity contribution >= 4 is 0 Å². The van der Waals surface area contributed by atoms with Crippen LogP contribution < -0.4 is 0 Å². The third kappa shape index (κ3) is 3.12. The normalized spacial score (nSPS) is 11.7. The first-order chi connectivity index (χ1) is 12.9. The van der Waals surface area contributed by atoms with Crippen molar-refractivity contribution in [3.8, 4) is 17.2 Å². The quantitative estimate of drug-likeness (QED) is 0.552. The lowest BCUT2D eigenvalue weighted by atomic mass is 9.85. The summed E-state index contributed by atoms with van der Waals surface area (Å²) in [6.07, 6.45) is 5.29. The van der Waals surface area contributed by atoms with E-state index in [0.717, 1.165) is 28.3 Å². The van der Waals surface area contributed by atoms with E-state index < -0.39 is 5.41 Å². The van der Waals surface area contributed by atoms with E-state index in [9.17, 15) is 0 Å². The van der Waals surface area contributed by atoms with Crippen molar-refractivity contribution in [2.75, 3.05) is 0 Å². The van der Waals surface area contributed by atoms with Gasteiger partial charge in [-0.2, -0.15) is 10.1 Å². The first kappa shape index (κ1) is 17.1. The minimum absolute atomic E-state index is 0.434. The average molecular weight is 360 g/mol. The summed E-state index contributed by atoms with van der Waals surface area (Å²) in [5.41, 5.74) is 3.36. The van der Waals surface area contributed by atoms with Gasteiger partial charge in [-0.25, -0.2) is 9.67 Å². The predicted octanol–water partition coefficient (Wildman–Crippen LogP) is 3.66. The molecule has 7 nitrogen and oxygen atoms in total. The Bertz CT molecular complexity index is 1060. The maximum absolute atomic E-state index is 5.54. The van der Waals surface area contributed by atoms with E-state index in [1.54, 1.807) is 12.4 Å². The highest BCUT2D eigenvalue weighted by molar-refractivity contribution is 5.54. The third-order valence-electron chi connectivity index (χ3n) is 4.58. The highest BCUT2D eigenvalue weighted by Crippen LogP contribution is 2.30. The van der Waals surface area contributed by atoms with E-state index in [1.807, 2.05) is 68.9 Å². The molecule has 136 valence electrons. The molecule has 27 heavy (non-hydrogen) atoms. The van der Waals surface area contributed by atoms with Gasteiger partial charge in [-0.3, -0.25) is 4.98 Å². The zero-order chi connectivity index (χ0) is 19.0. The van der Waals surface area contributed by atoms with Gasteiger partial charge in [0.2, 0.25) is 11.7 Å². The fourth-order valence-electron chi connectivity index (χ4n) is 2.95. The van der Waals surface area contributed by atoms with E-state index in [4.69, 9.17) is 4.52 Å². The first-order valence-electron chi connectivity index (χ1n) is 8.70. The van der Waals surface area contributed by atoms with Crippen LogP contribution in [0.1, 0.15) is 36.7 Å². The lowest BCUT2D eigenvalue weighted by Gasteiger charge is -2.19. The maximum Gasteiger partial charge on any atom is 0.237 e. The molecule has 4 rings (SSSR count). The predicted molar refractivity (Wildman–Crippen MR) is 100 cm³/mol. The molecule has 0 unspecified atom stereocenters. The first-order valence-corrected chi connectivity index (χ1v) is 8.70. The van der Waals surface area contributed by atoms with Crippen LogP contribution in [0.3, 0.4) is 0 Å². The Kier molecular flexibility index (Phi) is 4.07. The molecule has 0 aliphatic rings. The minimum Gasteiger partial charge on any atom is -0.338 e. The number of nitrogens with zero attached hydrogens (tertiary/aromatic N) is 6. The fraction of sp³-hybridized carbons (Fsp3) is 0.250. The van der Waals surface area contributed by atoms with Crippen LogP contribution in [-0.2, 0) is 5.41 Å². The Morgan fingerprint density at radius 1 is 1.07 bits per heavy atom. The van der Waals surface area contributed by atoms with Gasteiger partial charge >= 0.3 is 0 Å². The molecule has 0 saturated carbocycles. The van der Waals surface area contributed by atoms with Gasteiger partial charge in [0.1, 0.15) is 0 Å². The van der Waals surface area contributed by atoms with Crippen LogP contribution in [-0.4, -0.2) is 29.9 Å². The molecule has 0 spiro atoms. The molecule has 7 heteroatoms. The molecule has 0 saturated heterocycles. The van der Waals surface area contributed by atoms with Gasteiger partial charge in [-0.15, -0.1) is 0 Å². The number of aryl methyl sites for hydroxylation is 2. The van der Waals surface area contributed by atoms with E-state index in [-0.39, 0.29) is 0 Å². The van der Waals surface area contributed by atoms with Gasteiger partial charge < -0.3 is 4.52 Å². The molecule has 0 aliphatic heterocycles. The molecule has 0 atom stereocenters. The standard InChI is InChI=1S/C20H20N6O/c1-13-10-14(2)26(24-13)17-8-7-15(11-22-17)18-23-19(27-25-18)20(3,4)16-6-5-9-21-12-16/h5-12H,1-4H3. The maximum atomic E-state index is 5.54. The van der Waals surface area contributed by atoms with Gasteiger partial charge in [-0.1, -0.05) is 11.2 Å². The number of rotatable bonds is 4. The molecule has 4 aromatic heterocycles. The largest absolute Gasteiger partial charge is 0.338 e. The number of aromatic nitrogens is 6. The summed E-state index contributed by atoms with van der Waals surface area (Å²) in [6.45, 7) is 8.03. The molecular formula is C20H20N6O. The van der Waals surface area contributed by atoms with Crippen molar-refractivity contribution in [2.45, 2.75) is 33.1 Å².